The van der Waals surface area contributed by atoms with E-state index in [-0.39, 0.29) is 0 Å². The van der Waals surface area contributed by atoms with Crippen LogP contribution in [-0.2, 0) is 16.1 Å². The highest BCUT2D eigenvalue weighted by atomic mass is 16.5. The summed E-state index contributed by atoms with van der Waals surface area (Å²) in [6.45, 7) is 3.28. The van der Waals surface area contributed by atoms with E-state index in [0.717, 1.165) is 71.5 Å². The minimum Gasteiger partial charge on any atom is -0.497 e. The molecule has 200 valence electrons. The lowest BCUT2D eigenvalue weighted by atomic mass is 10.0. The SMILES string of the molecule is COc1ccc2nccc([C@@H](O)CN3CCC(NCc4nc5ccccc5[nH]4)CC3)c2c1.O=C(O)C(=O)O. The second-order valence-electron chi connectivity index (χ2n) is 9.07. The first-order valence-electron chi connectivity index (χ1n) is 12.3. The first-order valence-corrected chi connectivity index (χ1v) is 12.3. The summed E-state index contributed by atoms with van der Waals surface area (Å²) < 4.78 is 5.36. The van der Waals surface area contributed by atoms with Gasteiger partial charge in [0.1, 0.15) is 11.6 Å². The number of methoxy groups -OCH3 is 1. The van der Waals surface area contributed by atoms with Gasteiger partial charge in [-0.15, -0.1) is 0 Å². The number of hydrogen-bond donors (Lipinski definition) is 5. The van der Waals surface area contributed by atoms with Crippen molar-refractivity contribution in [2.24, 2.45) is 0 Å². The summed E-state index contributed by atoms with van der Waals surface area (Å²) in [6, 6.07) is 16.3. The third-order valence-electron chi connectivity index (χ3n) is 6.54. The molecule has 1 atom stereocenters. The minimum atomic E-state index is -1.82. The summed E-state index contributed by atoms with van der Waals surface area (Å²) in [5, 5.41) is 30.3. The Bertz CT molecular complexity index is 1350. The molecule has 5 rings (SSSR count). The monoisotopic (exact) mass is 521 g/mol. The number of rotatable bonds is 7. The molecule has 11 heteroatoms. The summed E-state index contributed by atoms with van der Waals surface area (Å²) in [4.78, 5) is 33.0. The van der Waals surface area contributed by atoms with Crippen LogP contribution >= 0.6 is 0 Å². The Hall–Kier alpha value is -4.06. The van der Waals surface area contributed by atoms with Crippen molar-refractivity contribution in [3.63, 3.8) is 0 Å². The fourth-order valence-electron chi connectivity index (χ4n) is 4.56. The van der Waals surface area contributed by atoms with Crippen LogP contribution in [0.1, 0.15) is 30.3 Å². The molecule has 0 spiro atoms. The fraction of sp³-hybridized carbons (Fsp3) is 0.333. The minimum absolute atomic E-state index is 0.461. The molecule has 2 aromatic carbocycles. The van der Waals surface area contributed by atoms with E-state index in [1.807, 2.05) is 42.5 Å². The summed E-state index contributed by atoms with van der Waals surface area (Å²) in [6.07, 6.45) is 3.31. The van der Waals surface area contributed by atoms with Gasteiger partial charge in [-0.05, 0) is 67.9 Å². The average Bonchev–Trinajstić information content (AvgIpc) is 3.35. The van der Waals surface area contributed by atoms with Gasteiger partial charge < -0.3 is 35.3 Å². The fourth-order valence-corrected chi connectivity index (χ4v) is 4.56. The number of para-hydroxylation sites is 2. The van der Waals surface area contributed by atoms with E-state index in [1.165, 1.54) is 0 Å². The summed E-state index contributed by atoms with van der Waals surface area (Å²) in [7, 11) is 1.65. The molecule has 0 bridgehead atoms. The molecule has 1 fully saturated rings. The third kappa shape index (κ3) is 6.82. The topological polar surface area (TPSA) is 161 Å². The number of piperidine rings is 1. The van der Waals surface area contributed by atoms with Crippen molar-refractivity contribution in [3.05, 3.63) is 66.1 Å². The van der Waals surface area contributed by atoms with Crippen molar-refractivity contribution in [2.45, 2.75) is 31.5 Å². The number of aliphatic carboxylic acids is 2. The zero-order valence-electron chi connectivity index (χ0n) is 21.0. The van der Waals surface area contributed by atoms with Crippen molar-refractivity contribution in [1.82, 2.24) is 25.2 Å². The second kappa shape index (κ2) is 12.5. The smallest absolute Gasteiger partial charge is 0.414 e. The standard InChI is InChI=1S/C25H29N5O2.C2H2O4/c1-32-18-6-7-21-20(14-18)19(8-11-26-21)24(31)16-30-12-9-17(10-13-30)27-15-25-28-22-4-2-3-5-23(22)29-25;3-1(4)2(5)6/h2-8,11,14,17,24,27,31H,9-10,12-13,15-16H2,1H3,(H,28,29);(H,3,4)(H,5,6)/t24-;/m0./s1. The van der Waals surface area contributed by atoms with Crippen molar-refractivity contribution in [2.75, 3.05) is 26.7 Å². The number of fused-ring (bicyclic) bond motifs is 2. The number of aromatic amines is 1. The molecule has 1 aliphatic heterocycles. The van der Waals surface area contributed by atoms with Crippen LogP contribution < -0.4 is 10.1 Å². The molecule has 5 N–H and O–H groups in total. The number of aromatic nitrogens is 3. The quantitative estimate of drug-likeness (QED) is 0.229. The maximum Gasteiger partial charge on any atom is 0.414 e. The molecule has 1 saturated heterocycles. The van der Waals surface area contributed by atoms with Gasteiger partial charge in [-0.25, -0.2) is 14.6 Å². The van der Waals surface area contributed by atoms with E-state index in [9.17, 15) is 5.11 Å². The molecule has 3 heterocycles. The number of H-pyrrole nitrogens is 1. The Kier molecular flexibility index (Phi) is 8.85. The number of ether oxygens (including phenoxy) is 1. The van der Waals surface area contributed by atoms with Crippen LogP contribution in [0, 0.1) is 0 Å². The Morgan fingerprint density at radius 1 is 1.11 bits per heavy atom. The number of carboxylic acids is 2. The summed E-state index contributed by atoms with van der Waals surface area (Å²) in [5.41, 5.74) is 3.86. The average molecular weight is 522 g/mol. The van der Waals surface area contributed by atoms with Crippen molar-refractivity contribution in [1.29, 1.82) is 0 Å². The van der Waals surface area contributed by atoms with E-state index in [2.05, 4.69) is 31.2 Å². The normalized spacial score (nSPS) is 15.1. The highest BCUT2D eigenvalue weighted by Crippen LogP contribution is 2.27. The number of carboxylic acid groups (broad SMARTS) is 2. The number of aliphatic hydroxyl groups is 1. The number of pyridine rings is 1. The number of likely N-dealkylation sites (tertiary alicyclic amines) is 1. The van der Waals surface area contributed by atoms with Gasteiger partial charge in [0.15, 0.2) is 0 Å². The molecule has 0 radical (unpaired) electrons. The van der Waals surface area contributed by atoms with E-state index in [1.54, 1.807) is 13.3 Å². The van der Waals surface area contributed by atoms with Gasteiger partial charge in [-0.3, -0.25) is 4.98 Å². The van der Waals surface area contributed by atoms with Gasteiger partial charge in [0.05, 0.1) is 36.3 Å². The van der Waals surface area contributed by atoms with Crippen LogP contribution in [0.5, 0.6) is 5.75 Å². The maximum atomic E-state index is 11.0. The molecule has 0 amide bonds. The second-order valence-corrected chi connectivity index (χ2v) is 9.07. The van der Waals surface area contributed by atoms with Gasteiger partial charge in [0.2, 0.25) is 0 Å². The lowest BCUT2D eigenvalue weighted by Crippen LogP contribution is -2.43. The van der Waals surface area contributed by atoms with Gasteiger partial charge in [0, 0.05) is 24.2 Å². The Morgan fingerprint density at radius 3 is 2.53 bits per heavy atom. The maximum absolute atomic E-state index is 11.0. The van der Waals surface area contributed by atoms with E-state index < -0.39 is 18.0 Å². The van der Waals surface area contributed by atoms with Crippen LogP contribution in [0.4, 0.5) is 0 Å². The molecule has 0 aliphatic carbocycles. The molecule has 1 aliphatic rings. The molecule has 0 unspecified atom stereocenters. The molecular formula is C27H31N5O6. The Labute approximate surface area is 219 Å². The lowest BCUT2D eigenvalue weighted by Gasteiger charge is -2.33. The highest BCUT2D eigenvalue weighted by molar-refractivity contribution is 6.27. The Morgan fingerprint density at radius 2 is 1.84 bits per heavy atom. The largest absolute Gasteiger partial charge is 0.497 e. The molecule has 4 aromatic rings. The number of hydrogen-bond acceptors (Lipinski definition) is 8. The van der Waals surface area contributed by atoms with Crippen molar-refractivity contribution in [3.8, 4) is 5.75 Å². The first kappa shape index (κ1) is 27.0. The van der Waals surface area contributed by atoms with Crippen LogP contribution in [0.3, 0.4) is 0 Å². The number of imidazole rings is 1. The van der Waals surface area contributed by atoms with Crippen LogP contribution in [0.15, 0.2) is 54.7 Å². The predicted octanol–water partition coefficient (Wildman–Crippen LogP) is 2.56. The van der Waals surface area contributed by atoms with Gasteiger partial charge >= 0.3 is 11.9 Å². The van der Waals surface area contributed by atoms with Crippen LogP contribution in [0.2, 0.25) is 0 Å². The number of nitrogens with zero attached hydrogens (tertiary/aromatic N) is 3. The van der Waals surface area contributed by atoms with E-state index in [0.29, 0.717) is 12.6 Å². The lowest BCUT2D eigenvalue weighted by molar-refractivity contribution is -0.159. The van der Waals surface area contributed by atoms with Crippen LogP contribution in [0.25, 0.3) is 21.9 Å². The van der Waals surface area contributed by atoms with Crippen molar-refractivity contribution >= 4 is 33.9 Å². The van der Waals surface area contributed by atoms with Crippen molar-refractivity contribution < 1.29 is 29.6 Å². The predicted molar refractivity (Wildman–Crippen MR) is 141 cm³/mol. The zero-order chi connectivity index (χ0) is 27.1. The molecule has 38 heavy (non-hydrogen) atoms. The van der Waals surface area contributed by atoms with E-state index >= 15 is 0 Å². The van der Waals surface area contributed by atoms with Gasteiger partial charge in [-0.2, -0.15) is 0 Å². The Balaban J connectivity index is 0.000000505. The third-order valence-corrected chi connectivity index (χ3v) is 6.54. The number of nitrogens with one attached hydrogen (secondary N) is 2. The first-order chi connectivity index (χ1) is 18.3. The molecule has 0 saturated carbocycles. The number of β-amino-alcohol motifs (C(OH)–C–C–N with tert-alkyl or cyclic N) is 1. The number of carbonyl (C=O) groups is 2. The molecule has 11 nitrogen and oxygen atoms in total. The van der Waals surface area contributed by atoms with E-state index in [4.69, 9.17) is 24.5 Å². The van der Waals surface area contributed by atoms with Gasteiger partial charge in [0.25, 0.3) is 0 Å². The number of aliphatic hydroxyl groups excluding tert-OH is 1. The van der Waals surface area contributed by atoms with Crippen LogP contribution in [-0.4, -0.2) is 79.9 Å². The summed E-state index contributed by atoms with van der Waals surface area (Å²) in [5.74, 6) is -1.90. The zero-order valence-corrected chi connectivity index (χ0v) is 21.0. The molecule has 2 aromatic heterocycles. The highest BCUT2D eigenvalue weighted by Gasteiger charge is 2.22. The summed E-state index contributed by atoms with van der Waals surface area (Å²) >= 11 is 0. The molecular weight excluding hydrogens is 490 g/mol. The van der Waals surface area contributed by atoms with Gasteiger partial charge in [-0.1, -0.05) is 12.1 Å². The number of benzene rings is 2.